The van der Waals surface area contributed by atoms with E-state index >= 15 is 0 Å². The Kier molecular flexibility index (Phi) is 10.4. The van der Waals surface area contributed by atoms with Crippen LogP contribution in [-0.4, -0.2) is 55.9 Å². The number of allylic oxidation sites excluding steroid dienone is 1. The van der Waals surface area contributed by atoms with Crippen LogP contribution < -0.4 is 14.8 Å². The van der Waals surface area contributed by atoms with Crippen LogP contribution in [0.5, 0.6) is 23.0 Å². The van der Waals surface area contributed by atoms with Crippen LogP contribution in [0.1, 0.15) is 93.7 Å². The lowest BCUT2D eigenvalue weighted by Gasteiger charge is -2.44. The number of ketones is 1. The molecule has 0 aromatic heterocycles. The zero-order chi connectivity index (χ0) is 32.1. The van der Waals surface area contributed by atoms with Crippen molar-refractivity contribution < 1.29 is 34.0 Å². The van der Waals surface area contributed by atoms with Crippen molar-refractivity contribution in [3.63, 3.8) is 0 Å². The van der Waals surface area contributed by atoms with Gasteiger partial charge in [0.25, 0.3) is 0 Å². The number of aromatic hydroxyl groups is 2. The zero-order valence-electron chi connectivity index (χ0n) is 27.2. The molecule has 5 rings (SSSR count). The summed E-state index contributed by atoms with van der Waals surface area (Å²) in [5.74, 6) is 1.19. The molecule has 3 aliphatic carbocycles. The summed E-state index contributed by atoms with van der Waals surface area (Å²) >= 11 is 0. The van der Waals surface area contributed by atoms with E-state index in [1.807, 2.05) is 25.2 Å². The van der Waals surface area contributed by atoms with Crippen LogP contribution in [0.3, 0.4) is 0 Å². The van der Waals surface area contributed by atoms with Gasteiger partial charge in [0.2, 0.25) is 0 Å². The topological polar surface area (TPSA) is 114 Å². The second-order valence-corrected chi connectivity index (χ2v) is 13.4. The molecule has 2 aromatic carbocycles. The normalized spacial score (nSPS) is 22.5. The van der Waals surface area contributed by atoms with Crippen molar-refractivity contribution in [2.75, 3.05) is 27.8 Å². The lowest BCUT2D eigenvalue weighted by Crippen LogP contribution is -2.34. The Bertz CT molecular complexity index is 1410. The molecule has 0 saturated heterocycles. The molecule has 0 aliphatic heterocycles. The third-order valence-electron chi connectivity index (χ3n) is 10.5. The monoisotopic (exact) mass is 619 g/mol. The van der Waals surface area contributed by atoms with Crippen molar-refractivity contribution >= 4 is 17.3 Å². The molecule has 0 bridgehead atoms. The number of Topliss-reactive ketones (excluding diaryl/α,β-unsaturated/α-hetero) is 1. The number of fused-ring (bicyclic) bond motifs is 2. The highest BCUT2D eigenvalue weighted by Gasteiger charge is 2.46. The Balaban J connectivity index is 1.42. The van der Waals surface area contributed by atoms with Crippen molar-refractivity contribution in [2.45, 2.75) is 89.6 Å². The summed E-state index contributed by atoms with van der Waals surface area (Å²) < 4.78 is 16.5. The minimum Gasteiger partial charge on any atom is -0.504 e. The number of phenols is 2. The van der Waals surface area contributed by atoms with Gasteiger partial charge < -0.3 is 29.7 Å². The zero-order valence-corrected chi connectivity index (χ0v) is 27.2. The molecule has 2 fully saturated rings. The molecule has 244 valence electrons. The van der Waals surface area contributed by atoms with E-state index in [4.69, 9.17) is 14.2 Å². The summed E-state index contributed by atoms with van der Waals surface area (Å²) in [7, 11) is 5.00. The van der Waals surface area contributed by atoms with Crippen molar-refractivity contribution in [1.82, 2.24) is 5.32 Å². The first-order valence-electron chi connectivity index (χ1n) is 16.5. The quantitative estimate of drug-likeness (QED) is 0.225. The van der Waals surface area contributed by atoms with Crippen LogP contribution in [0.2, 0.25) is 0 Å². The summed E-state index contributed by atoms with van der Waals surface area (Å²) in [5, 5.41) is 24.1. The van der Waals surface area contributed by atoms with Gasteiger partial charge in [-0.3, -0.25) is 9.59 Å². The molecule has 3 aliphatic rings. The number of phenolic OH excluding ortho intramolecular Hbond substituents is 2. The number of hydrogen-bond donors (Lipinski definition) is 3. The van der Waals surface area contributed by atoms with Gasteiger partial charge in [0, 0.05) is 26.3 Å². The number of esters is 1. The highest BCUT2D eigenvalue weighted by Crippen LogP contribution is 2.58. The van der Waals surface area contributed by atoms with E-state index in [0.717, 1.165) is 35.1 Å². The molecule has 0 radical (unpaired) electrons. The van der Waals surface area contributed by atoms with Crippen molar-refractivity contribution in [3.05, 3.63) is 53.1 Å². The van der Waals surface area contributed by atoms with E-state index < -0.39 is 12.1 Å². The number of carbonyl (C=O) groups is 2. The summed E-state index contributed by atoms with van der Waals surface area (Å²) in [6, 6.07) is 8.92. The molecule has 8 heteroatoms. The number of benzene rings is 2. The Morgan fingerprint density at radius 1 is 1.02 bits per heavy atom. The molecule has 45 heavy (non-hydrogen) atoms. The third-order valence-corrected chi connectivity index (χ3v) is 10.5. The maximum absolute atomic E-state index is 14.0. The SMILES string of the molecule is CNCC1=CC2CC3(CCCC3)CCC2C(CC(=O)CC(CCc2ccc(O)c(OC)c2)OC(C)=O)c2cc(OC)c(O)cc21. The summed E-state index contributed by atoms with van der Waals surface area (Å²) in [6.45, 7) is 2.05. The Hall–Kier alpha value is -3.52. The van der Waals surface area contributed by atoms with Gasteiger partial charge in [-0.05, 0) is 122 Å². The number of nitrogens with one attached hydrogen (secondary N) is 1. The fourth-order valence-electron chi connectivity index (χ4n) is 8.44. The Labute approximate surface area is 267 Å². The fourth-order valence-corrected chi connectivity index (χ4v) is 8.44. The highest BCUT2D eigenvalue weighted by atomic mass is 16.5. The molecule has 3 N–H and O–H groups in total. The van der Waals surface area contributed by atoms with Crippen LogP contribution >= 0.6 is 0 Å². The number of carbonyl (C=O) groups excluding carboxylic acids is 2. The highest BCUT2D eigenvalue weighted by molar-refractivity contribution is 5.82. The second kappa shape index (κ2) is 14.3. The molecular weight excluding hydrogens is 570 g/mol. The fraction of sp³-hybridized carbons (Fsp3) is 0.568. The number of ether oxygens (including phenoxy) is 3. The van der Waals surface area contributed by atoms with Crippen LogP contribution in [-0.2, 0) is 20.7 Å². The van der Waals surface area contributed by atoms with Gasteiger partial charge in [0.15, 0.2) is 23.0 Å². The van der Waals surface area contributed by atoms with E-state index in [2.05, 4.69) is 11.4 Å². The molecule has 4 unspecified atom stereocenters. The lowest BCUT2D eigenvalue weighted by atomic mass is 9.60. The molecule has 0 heterocycles. The van der Waals surface area contributed by atoms with E-state index in [9.17, 15) is 19.8 Å². The molecule has 2 aromatic rings. The first-order valence-corrected chi connectivity index (χ1v) is 16.5. The standard InChI is InChI=1S/C37H49NO7/c1-23(39)45-28(9-7-24-8-10-33(41)35(15-24)43-3)17-27(40)18-31-29-11-14-37(12-5-6-13-37)21-25(29)16-26(22-38-2)30-19-34(42)36(44-4)20-32(30)31/h8,10,15-16,19-20,25,28-29,31,38,41-42H,5-7,9,11-14,17-18,21-22H2,1-4H3. The smallest absolute Gasteiger partial charge is 0.302 e. The van der Waals surface area contributed by atoms with Gasteiger partial charge in [-0.25, -0.2) is 0 Å². The van der Waals surface area contributed by atoms with Gasteiger partial charge in [-0.2, -0.15) is 0 Å². The number of hydrogen-bond acceptors (Lipinski definition) is 8. The summed E-state index contributed by atoms with van der Waals surface area (Å²) in [4.78, 5) is 26.0. The van der Waals surface area contributed by atoms with Gasteiger partial charge >= 0.3 is 5.97 Å². The van der Waals surface area contributed by atoms with Crippen molar-refractivity contribution in [1.29, 1.82) is 0 Å². The van der Waals surface area contributed by atoms with Gasteiger partial charge in [0.05, 0.1) is 14.2 Å². The maximum Gasteiger partial charge on any atom is 0.302 e. The van der Waals surface area contributed by atoms with E-state index in [1.54, 1.807) is 19.2 Å². The predicted octanol–water partition coefficient (Wildman–Crippen LogP) is 6.71. The number of methoxy groups -OCH3 is 2. The average molecular weight is 620 g/mol. The van der Waals surface area contributed by atoms with Crippen molar-refractivity contribution in [2.24, 2.45) is 17.3 Å². The van der Waals surface area contributed by atoms with Crippen molar-refractivity contribution in [3.8, 4) is 23.0 Å². The first-order chi connectivity index (χ1) is 21.6. The third kappa shape index (κ3) is 7.49. The second-order valence-electron chi connectivity index (χ2n) is 13.4. The Morgan fingerprint density at radius 3 is 2.44 bits per heavy atom. The summed E-state index contributed by atoms with van der Waals surface area (Å²) in [5.41, 5.74) is 4.51. The number of likely N-dealkylation sites (N-methyl/N-ethyl adjacent to an activating group) is 1. The van der Waals surface area contributed by atoms with Gasteiger partial charge in [-0.15, -0.1) is 0 Å². The van der Waals surface area contributed by atoms with Crippen LogP contribution in [0.4, 0.5) is 0 Å². The molecular formula is C37H49NO7. The van der Waals surface area contributed by atoms with Gasteiger partial charge in [0.1, 0.15) is 11.9 Å². The van der Waals surface area contributed by atoms with E-state index in [-0.39, 0.29) is 29.6 Å². The molecule has 2 saturated carbocycles. The van der Waals surface area contributed by atoms with Gasteiger partial charge in [-0.1, -0.05) is 25.0 Å². The lowest BCUT2D eigenvalue weighted by molar-refractivity contribution is -0.147. The number of aryl methyl sites for hydroxylation is 1. The minimum absolute atomic E-state index is 0.0457. The van der Waals surface area contributed by atoms with E-state index in [0.29, 0.717) is 54.6 Å². The largest absolute Gasteiger partial charge is 0.504 e. The molecule has 1 spiro atoms. The van der Waals surface area contributed by atoms with Crippen LogP contribution in [0, 0.1) is 17.3 Å². The predicted molar refractivity (Wildman–Crippen MR) is 174 cm³/mol. The molecule has 8 nitrogen and oxygen atoms in total. The first kappa shape index (κ1) is 32.9. The van der Waals surface area contributed by atoms with E-state index in [1.165, 1.54) is 46.1 Å². The van der Waals surface area contributed by atoms with Crippen LogP contribution in [0.25, 0.3) is 5.57 Å². The van der Waals surface area contributed by atoms with Crippen LogP contribution in [0.15, 0.2) is 36.4 Å². The maximum atomic E-state index is 14.0. The Morgan fingerprint density at radius 2 is 1.76 bits per heavy atom. The average Bonchev–Trinajstić information content (AvgIpc) is 3.42. The molecule has 4 atom stereocenters. The number of rotatable bonds is 12. The molecule has 0 amide bonds. The minimum atomic E-state index is -0.559. The summed E-state index contributed by atoms with van der Waals surface area (Å²) in [6.07, 6.45) is 11.9.